The monoisotopic (exact) mass is 354 g/mol. The maximum Gasteiger partial charge on any atom is 0.231 e. The number of nitrogens with one attached hydrogen (secondary N) is 2. The van der Waals surface area contributed by atoms with Crippen molar-refractivity contribution >= 4 is 23.2 Å². The first kappa shape index (κ1) is 16.3. The highest BCUT2D eigenvalue weighted by molar-refractivity contribution is 5.99. The molecule has 0 saturated carbocycles. The predicted octanol–water partition coefficient (Wildman–Crippen LogP) is 2.43. The lowest BCUT2D eigenvalue weighted by atomic mass is 10.1. The average molecular weight is 354 g/mol. The van der Waals surface area contributed by atoms with Gasteiger partial charge in [0, 0.05) is 18.2 Å². The molecule has 2 aromatic carbocycles. The van der Waals surface area contributed by atoms with Crippen molar-refractivity contribution in [3.05, 3.63) is 42.5 Å². The number of benzene rings is 2. The molecule has 2 aliphatic rings. The molecule has 1 atom stereocenters. The maximum atomic E-state index is 12.4. The summed E-state index contributed by atoms with van der Waals surface area (Å²) in [5.74, 6) is 0.794. The first-order chi connectivity index (χ1) is 12.7. The minimum absolute atomic E-state index is 0.0221. The molecule has 7 heteroatoms. The molecule has 0 saturated heterocycles. The van der Waals surface area contributed by atoms with Crippen molar-refractivity contribution in [2.24, 2.45) is 5.92 Å². The topological polar surface area (TPSA) is 85.9 Å². The lowest BCUT2D eigenvalue weighted by molar-refractivity contribution is -0.125. The van der Waals surface area contributed by atoms with E-state index in [1.807, 2.05) is 12.1 Å². The van der Waals surface area contributed by atoms with E-state index in [1.54, 1.807) is 30.3 Å². The van der Waals surface area contributed by atoms with Crippen LogP contribution in [0.15, 0.2) is 42.5 Å². The number of anilines is 2. The number of hydrogen-bond acceptors (Lipinski definition) is 5. The highest BCUT2D eigenvalue weighted by atomic mass is 16.6. The maximum absolute atomic E-state index is 12.4. The van der Waals surface area contributed by atoms with Crippen LogP contribution in [-0.4, -0.2) is 31.6 Å². The molecular weight excluding hydrogens is 336 g/mol. The molecule has 0 aromatic heterocycles. The Hall–Kier alpha value is -3.22. The molecule has 4 rings (SSSR count). The standard InChI is InChI=1S/C19H18N2O5/c22-18(20-13-5-6-16-17(10-13)25-8-7-24-16)9-12-11-26-15-4-2-1-3-14(15)21-19(12)23/h1-6,10,12H,7-9,11H2,(H,20,22)(H,21,23)/t12-/m0/s1. The summed E-state index contributed by atoms with van der Waals surface area (Å²) < 4.78 is 16.6. The van der Waals surface area contributed by atoms with Crippen molar-refractivity contribution in [3.63, 3.8) is 0 Å². The molecule has 0 spiro atoms. The smallest absolute Gasteiger partial charge is 0.231 e. The zero-order valence-corrected chi connectivity index (χ0v) is 14.0. The first-order valence-corrected chi connectivity index (χ1v) is 8.41. The number of carbonyl (C=O) groups excluding carboxylic acids is 2. The minimum Gasteiger partial charge on any atom is -0.491 e. The molecule has 26 heavy (non-hydrogen) atoms. The van der Waals surface area contributed by atoms with Gasteiger partial charge in [-0.25, -0.2) is 0 Å². The lowest BCUT2D eigenvalue weighted by Gasteiger charge is -2.19. The van der Waals surface area contributed by atoms with Crippen LogP contribution in [0, 0.1) is 5.92 Å². The highest BCUT2D eigenvalue weighted by Crippen LogP contribution is 2.33. The minimum atomic E-state index is -0.570. The second kappa shape index (κ2) is 6.95. The van der Waals surface area contributed by atoms with Crippen LogP contribution in [0.4, 0.5) is 11.4 Å². The molecule has 2 aromatic rings. The van der Waals surface area contributed by atoms with Gasteiger partial charge in [-0.2, -0.15) is 0 Å². The molecule has 2 amide bonds. The van der Waals surface area contributed by atoms with Crippen LogP contribution >= 0.6 is 0 Å². The van der Waals surface area contributed by atoms with Crippen LogP contribution in [0.25, 0.3) is 0 Å². The van der Waals surface area contributed by atoms with E-state index in [9.17, 15) is 9.59 Å². The number of amides is 2. The van der Waals surface area contributed by atoms with E-state index in [-0.39, 0.29) is 24.8 Å². The molecule has 2 heterocycles. The van der Waals surface area contributed by atoms with Crippen molar-refractivity contribution in [2.75, 3.05) is 30.5 Å². The van der Waals surface area contributed by atoms with E-state index < -0.39 is 5.92 Å². The zero-order valence-electron chi connectivity index (χ0n) is 14.0. The number of carbonyl (C=O) groups is 2. The first-order valence-electron chi connectivity index (χ1n) is 8.41. The molecule has 0 aliphatic carbocycles. The third-order valence-electron chi connectivity index (χ3n) is 4.21. The van der Waals surface area contributed by atoms with Gasteiger partial charge in [0.05, 0.1) is 11.6 Å². The Bertz CT molecular complexity index is 852. The summed E-state index contributed by atoms with van der Waals surface area (Å²) in [4.78, 5) is 24.7. The van der Waals surface area contributed by atoms with Gasteiger partial charge in [-0.05, 0) is 24.3 Å². The fourth-order valence-electron chi connectivity index (χ4n) is 2.91. The van der Waals surface area contributed by atoms with Crippen LogP contribution in [0.1, 0.15) is 6.42 Å². The summed E-state index contributed by atoms with van der Waals surface area (Å²) in [7, 11) is 0. The summed E-state index contributed by atoms with van der Waals surface area (Å²) in [6.07, 6.45) is 0.0221. The van der Waals surface area contributed by atoms with E-state index in [0.29, 0.717) is 41.8 Å². The second-order valence-corrected chi connectivity index (χ2v) is 6.10. The van der Waals surface area contributed by atoms with Crippen molar-refractivity contribution < 1.29 is 23.8 Å². The lowest BCUT2D eigenvalue weighted by Crippen LogP contribution is -2.29. The van der Waals surface area contributed by atoms with Crippen molar-refractivity contribution in [3.8, 4) is 17.2 Å². The Morgan fingerprint density at radius 2 is 1.85 bits per heavy atom. The Balaban J connectivity index is 1.40. The van der Waals surface area contributed by atoms with E-state index in [4.69, 9.17) is 14.2 Å². The Morgan fingerprint density at radius 1 is 1.04 bits per heavy atom. The predicted molar refractivity (Wildman–Crippen MR) is 94.7 cm³/mol. The van der Waals surface area contributed by atoms with Gasteiger partial charge in [-0.3, -0.25) is 9.59 Å². The number of fused-ring (bicyclic) bond motifs is 2. The molecule has 2 N–H and O–H groups in total. The largest absolute Gasteiger partial charge is 0.491 e. The van der Waals surface area contributed by atoms with Gasteiger partial charge in [0.25, 0.3) is 0 Å². The molecule has 7 nitrogen and oxygen atoms in total. The highest BCUT2D eigenvalue weighted by Gasteiger charge is 2.27. The van der Waals surface area contributed by atoms with E-state index >= 15 is 0 Å². The summed E-state index contributed by atoms with van der Waals surface area (Å²) in [6.45, 7) is 1.14. The molecule has 134 valence electrons. The average Bonchev–Trinajstić information content (AvgIpc) is 2.80. The number of ether oxygens (including phenoxy) is 3. The third-order valence-corrected chi connectivity index (χ3v) is 4.21. The molecular formula is C19H18N2O5. The Morgan fingerprint density at radius 3 is 2.73 bits per heavy atom. The second-order valence-electron chi connectivity index (χ2n) is 6.10. The molecule has 0 radical (unpaired) electrons. The number of rotatable bonds is 3. The van der Waals surface area contributed by atoms with Gasteiger partial charge in [0.1, 0.15) is 25.6 Å². The molecule has 0 unspecified atom stereocenters. The van der Waals surface area contributed by atoms with E-state index in [2.05, 4.69) is 10.6 Å². The Kier molecular flexibility index (Phi) is 4.35. The normalized spacial score (nSPS) is 18.0. The Labute approximate surface area is 150 Å². The summed E-state index contributed by atoms with van der Waals surface area (Å²) in [6, 6.07) is 12.4. The number of para-hydroxylation sites is 2. The van der Waals surface area contributed by atoms with Gasteiger partial charge >= 0.3 is 0 Å². The van der Waals surface area contributed by atoms with Gasteiger partial charge < -0.3 is 24.8 Å². The van der Waals surface area contributed by atoms with Crippen LogP contribution in [-0.2, 0) is 9.59 Å². The SMILES string of the molecule is O=C(C[C@H]1COc2ccccc2NC1=O)Nc1ccc2c(c1)OCCO2. The van der Waals surface area contributed by atoms with Crippen molar-refractivity contribution in [1.29, 1.82) is 0 Å². The quantitative estimate of drug-likeness (QED) is 0.884. The number of hydrogen-bond donors (Lipinski definition) is 2. The third kappa shape index (κ3) is 3.42. The van der Waals surface area contributed by atoms with Gasteiger partial charge in [0.2, 0.25) is 11.8 Å². The fraction of sp³-hybridized carbons (Fsp3) is 0.263. The van der Waals surface area contributed by atoms with E-state index in [1.165, 1.54) is 0 Å². The van der Waals surface area contributed by atoms with Crippen LogP contribution < -0.4 is 24.8 Å². The van der Waals surface area contributed by atoms with Crippen LogP contribution in [0.2, 0.25) is 0 Å². The van der Waals surface area contributed by atoms with Crippen molar-refractivity contribution in [1.82, 2.24) is 0 Å². The molecule has 2 aliphatic heterocycles. The van der Waals surface area contributed by atoms with Crippen molar-refractivity contribution in [2.45, 2.75) is 6.42 Å². The molecule has 0 bridgehead atoms. The summed E-state index contributed by atoms with van der Waals surface area (Å²) >= 11 is 0. The summed E-state index contributed by atoms with van der Waals surface area (Å²) in [5, 5.41) is 5.59. The van der Waals surface area contributed by atoms with Gasteiger partial charge in [-0.15, -0.1) is 0 Å². The molecule has 0 fully saturated rings. The van der Waals surface area contributed by atoms with E-state index in [0.717, 1.165) is 0 Å². The van der Waals surface area contributed by atoms with Crippen LogP contribution in [0.3, 0.4) is 0 Å². The zero-order chi connectivity index (χ0) is 17.9. The van der Waals surface area contributed by atoms with Crippen LogP contribution in [0.5, 0.6) is 17.2 Å². The van der Waals surface area contributed by atoms with Gasteiger partial charge in [-0.1, -0.05) is 12.1 Å². The summed E-state index contributed by atoms with van der Waals surface area (Å²) in [5.41, 5.74) is 1.21. The van der Waals surface area contributed by atoms with Gasteiger partial charge in [0.15, 0.2) is 11.5 Å². The fourth-order valence-corrected chi connectivity index (χ4v) is 2.91.